The Labute approximate surface area is 171 Å². The van der Waals surface area contributed by atoms with Crippen molar-refractivity contribution in [1.82, 2.24) is 4.90 Å². The smallest absolute Gasteiger partial charge is 0.246 e. The largest absolute Gasteiger partial charge is 0.489 e. The molecule has 0 spiro atoms. The molecule has 2 aromatic carbocycles. The molecular weight excluding hydrogens is 374 g/mol. The highest BCUT2D eigenvalue weighted by molar-refractivity contribution is 6.32. The van der Waals surface area contributed by atoms with Crippen molar-refractivity contribution in [3.05, 3.63) is 70.8 Å². The molecule has 0 aromatic heterocycles. The molecule has 1 aliphatic rings. The fourth-order valence-corrected chi connectivity index (χ4v) is 3.49. The molecule has 2 aromatic rings. The molecule has 1 saturated heterocycles. The summed E-state index contributed by atoms with van der Waals surface area (Å²) in [6.07, 6.45) is 5.21. The third-order valence-electron chi connectivity index (χ3n) is 5.03. The van der Waals surface area contributed by atoms with Crippen molar-refractivity contribution < 1.29 is 14.6 Å². The van der Waals surface area contributed by atoms with E-state index in [2.05, 4.69) is 0 Å². The number of hydrogen-bond donors (Lipinski definition) is 1. The Hall–Kier alpha value is -2.30. The molecule has 1 fully saturated rings. The summed E-state index contributed by atoms with van der Waals surface area (Å²) in [5.74, 6) is 0.550. The molecular formula is C23H26ClNO3. The lowest BCUT2D eigenvalue weighted by molar-refractivity contribution is -0.126. The van der Waals surface area contributed by atoms with Crippen molar-refractivity contribution in [3.63, 3.8) is 0 Å². The Bertz CT molecular complexity index is 837. The third-order valence-corrected chi connectivity index (χ3v) is 5.34. The van der Waals surface area contributed by atoms with Gasteiger partial charge in [-0.2, -0.15) is 0 Å². The van der Waals surface area contributed by atoms with Gasteiger partial charge in [0, 0.05) is 19.2 Å². The molecule has 0 bridgehead atoms. The quantitative estimate of drug-likeness (QED) is 0.754. The minimum atomic E-state index is -0.967. The van der Waals surface area contributed by atoms with Crippen molar-refractivity contribution in [2.24, 2.45) is 0 Å². The number of nitrogens with zero attached hydrogens (tertiary/aromatic N) is 1. The van der Waals surface area contributed by atoms with Crippen LogP contribution in [0.1, 0.15) is 30.4 Å². The van der Waals surface area contributed by atoms with Crippen molar-refractivity contribution in [3.8, 4) is 5.75 Å². The molecule has 1 heterocycles. The van der Waals surface area contributed by atoms with Crippen molar-refractivity contribution in [2.75, 3.05) is 19.7 Å². The van der Waals surface area contributed by atoms with Gasteiger partial charge in [0.2, 0.25) is 5.91 Å². The van der Waals surface area contributed by atoms with E-state index in [0.717, 1.165) is 17.5 Å². The first-order chi connectivity index (χ1) is 13.5. The summed E-state index contributed by atoms with van der Waals surface area (Å²) in [6.45, 7) is 3.26. The zero-order chi connectivity index (χ0) is 20.0. The highest BCUT2D eigenvalue weighted by Gasteiger charge is 2.32. The highest BCUT2D eigenvalue weighted by atomic mass is 35.5. The van der Waals surface area contributed by atoms with Gasteiger partial charge in [0.25, 0.3) is 0 Å². The first-order valence-electron chi connectivity index (χ1n) is 9.59. The minimum absolute atomic E-state index is 0.0317. The first-order valence-corrected chi connectivity index (χ1v) is 9.96. The van der Waals surface area contributed by atoms with Crippen LogP contribution in [0.15, 0.2) is 54.6 Å². The number of amides is 1. The number of aryl methyl sites for hydroxylation is 1. The van der Waals surface area contributed by atoms with E-state index in [1.807, 2.05) is 55.5 Å². The zero-order valence-corrected chi connectivity index (χ0v) is 16.9. The lowest BCUT2D eigenvalue weighted by atomic mass is 9.96. The predicted octanol–water partition coefficient (Wildman–Crippen LogP) is 4.48. The molecule has 1 amide bonds. The van der Waals surface area contributed by atoms with Gasteiger partial charge in [0.1, 0.15) is 18.0 Å². The van der Waals surface area contributed by atoms with Gasteiger partial charge in [0.15, 0.2) is 0 Å². The Balaban J connectivity index is 1.56. The number of carbonyl (C=O) groups is 1. The molecule has 28 heavy (non-hydrogen) atoms. The second-order valence-electron chi connectivity index (χ2n) is 7.37. The number of ether oxygens (including phenoxy) is 1. The fraction of sp³-hybridized carbons (Fsp3) is 0.348. The van der Waals surface area contributed by atoms with Gasteiger partial charge in [-0.1, -0.05) is 48.0 Å². The Morgan fingerprint density at radius 2 is 2.00 bits per heavy atom. The Kier molecular flexibility index (Phi) is 6.76. The second-order valence-corrected chi connectivity index (χ2v) is 7.78. The topological polar surface area (TPSA) is 49.8 Å². The van der Waals surface area contributed by atoms with Crippen molar-refractivity contribution in [2.45, 2.75) is 31.8 Å². The van der Waals surface area contributed by atoms with E-state index >= 15 is 0 Å². The Morgan fingerprint density at radius 3 is 2.79 bits per heavy atom. The summed E-state index contributed by atoms with van der Waals surface area (Å²) < 4.78 is 5.82. The highest BCUT2D eigenvalue weighted by Crippen LogP contribution is 2.29. The molecule has 5 heteroatoms. The average molecular weight is 400 g/mol. The van der Waals surface area contributed by atoms with E-state index in [1.54, 1.807) is 17.0 Å². The minimum Gasteiger partial charge on any atom is -0.489 e. The fourth-order valence-electron chi connectivity index (χ4n) is 3.31. The van der Waals surface area contributed by atoms with E-state index in [0.29, 0.717) is 36.7 Å². The van der Waals surface area contributed by atoms with E-state index in [4.69, 9.17) is 16.3 Å². The van der Waals surface area contributed by atoms with Crippen LogP contribution in [0.3, 0.4) is 0 Å². The van der Waals surface area contributed by atoms with Crippen LogP contribution in [0, 0.1) is 6.92 Å². The van der Waals surface area contributed by atoms with Crippen LogP contribution in [0.25, 0.3) is 6.08 Å². The number of carbonyl (C=O) groups excluding carboxylic acids is 1. The van der Waals surface area contributed by atoms with Gasteiger partial charge in [-0.3, -0.25) is 4.79 Å². The van der Waals surface area contributed by atoms with Crippen LogP contribution >= 0.6 is 11.6 Å². The van der Waals surface area contributed by atoms with Crippen LogP contribution in [0.4, 0.5) is 0 Å². The summed E-state index contributed by atoms with van der Waals surface area (Å²) >= 11 is 6.17. The molecule has 0 radical (unpaired) electrons. The third kappa shape index (κ3) is 5.60. The van der Waals surface area contributed by atoms with E-state index in [9.17, 15) is 9.90 Å². The first kappa shape index (κ1) is 20.4. The number of rotatable bonds is 5. The standard InChI is InChI=1S/C23H26ClNO3/c1-18-8-10-20(24)21(16-18)28-17-23(27)12-5-14-25(15-13-23)22(26)11-9-19-6-3-2-4-7-19/h2-4,6-11,16,27H,5,12-15,17H2,1H3/b11-9+. The van der Waals surface area contributed by atoms with Crippen LogP contribution in [-0.2, 0) is 4.79 Å². The van der Waals surface area contributed by atoms with Crippen LogP contribution < -0.4 is 4.74 Å². The van der Waals surface area contributed by atoms with Gasteiger partial charge in [-0.25, -0.2) is 0 Å². The molecule has 3 rings (SSSR count). The van der Waals surface area contributed by atoms with Gasteiger partial charge >= 0.3 is 0 Å². The lowest BCUT2D eigenvalue weighted by Gasteiger charge is -2.27. The second kappa shape index (κ2) is 9.26. The zero-order valence-electron chi connectivity index (χ0n) is 16.1. The number of benzene rings is 2. The van der Waals surface area contributed by atoms with E-state index < -0.39 is 5.60 Å². The van der Waals surface area contributed by atoms with Crippen molar-refractivity contribution >= 4 is 23.6 Å². The predicted molar refractivity (Wildman–Crippen MR) is 113 cm³/mol. The maximum atomic E-state index is 12.5. The van der Waals surface area contributed by atoms with E-state index in [1.165, 1.54) is 0 Å². The lowest BCUT2D eigenvalue weighted by Crippen LogP contribution is -2.38. The maximum absolute atomic E-state index is 12.5. The van der Waals surface area contributed by atoms with Gasteiger partial charge < -0.3 is 14.7 Å². The number of aliphatic hydroxyl groups is 1. The molecule has 0 aliphatic carbocycles. The number of likely N-dealkylation sites (tertiary alicyclic amines) is 1. The summed E-state index contributed by atoms with van der Waals surface area (Å²) in [6, 6.07) is 15.3. The van der Waals surface area contributed by atoms with E-state index in [-0.39, 0.29) is 12.5 Å². The summed E-state index contributed by atoms with van der Waals surface area (Å²) in [7, 11) is 0. The van der Waals surface area contributed by atoms with Crippen molar-refractivity contribution in [1.29, 1.82) is 0 Å². The molecule has 1 N–H and O–H groups in total. The van der Waals surface area contributed by atoms with Crippen LogP contribution in [-0.4, -0.2) is 41.2 Å². The van der Waals surface area contributed by atoms with Gasteiger partial charge in [0.05, 0.1) is 5.02 Å². The maximum Gasteiger partial charge on any atom is 0.246 e. The normalized spacial score (nSPS) is 20.2. The SMILES string of the molecule is Cc1ccc(Cl)c(OCC2(O)CCCN(C(=O)/C=C/c3ccccc3)CC2)c1. The summed E-state index contributed by atoms with van der Waals surface area (Å²) in [5.41, 5.74) is 1.07. The summed E-state index contributed by atoms with van der Waals surface area (Å²) in [4.78, 5) is 14.3. The molecule has 1 atom stereocenters. The van der Waals surface area contributed by atoms with Crippen LogP contribution in [0.2, 0.25) is 5.02 Å². The molecule has 148 valence electrons. The number of hydrogen-bond acceptors (Lipinski definition) is 3. The van der Waals surface area contributed by atoms with Crippen LogP contribution in [0.5, 0.6) is 5.75 Å². The molecule has 1 aliphatic heterocycles. The molecule has 1 unspecified atom stereocenters. The molecule has 4 nitrogen and oxygen atoms in total. The monoisotopic (exact) mass is 399 g/mol. The van der Waals surface area contributed by atoms with Gasteiger partial charge in [-0.15, -0.1) is 0 Å². The average Bonchev–Trinajstić information content (AvgIpc) is 2.90. The number of halogens is 1. The molecule has 0 saturated carbocycles. The Morgan fingerprint density at radius 1 is 1.21 bits per heavy atom. The summed E-state index contributed by atoms with van der Waals surface area (Å²) in [5, 5.41) is 11.5. The van der Waals surface area contributed by atoms with Gasteiger partial charge in [-0.05, 0) is 55.5 Å².